The SMILES string of the molecule is Cn1nccc1-c1nc2c(CN)cccc2[nH]1. The third-order valence-electron chi connectivity index (χ3n) is 2.88. The Kier molecular flexibility index (Phi) is 2.19. The Morgan fingerprint density at radius 2 is 2.24 bits per heavy atom. The Balaban J connectivity index is 2.24. The summed E-state index contributed by atoms with van der Waals surface area (Å²) in [5.41, 5.74) is 9.65. The summed E-state index contributed by atoms with van der Waals surface area (Å²) < 4.78 is 1.79. The molecule has 0 bridgehead atoms. The molecule has 0 fully saturated rings. The van der Waals surface area contributed by atoms with Crippen LogP contribution in [-0.2, 0) is 13.6 Å². The predicted octanol–water partition coefficient (Wildman–Crippen LogP) is 1.42. The lowest BCUT2D eigenvalue weighted by Crippen LogP contribution is -1.97. The van der Waals surface area contributed by atoms with E-state index in [9.17, 15) is 0 Å². The van der Waals surface area contributed by atoms with Gasteiger partial charge in [0.1, 0.15) is 5.69 Å². The van der Waals surface area contributed by atoms with Crippen molar-refractivity contribution in [2.45, 2.75) is 6.54 Å². The smallest absolute Gasteiger partial charge is 0.156 e. The minimum Gasteiger partial charge on any atom is -0.337 e. The molecule has 2 aromatic heterocycles. The number of aryl methyl sites for hydroxylation is 1. The third-order valence-corrected chi connectivity index (χ3v) is 2.88. The van der Waals surface area contributed by atoms with Gasteiger partial charge in [-0.25, -0.2) is 4.98 Å². The lowest BCUT2D eigenvalue weighted by atomic mass is 10.2. The molecule has 3 rings (SSSR count). The van der Waals surface area contributed by atoms with Crippen LogP contribution in [0.15, 0.2) is 30.5 Å². The first kappa shape index (κ1) is 10.0. The van der Waals surface area contributed by atoms with Crippen LogP contribution in [0, 0.1) is 0 Å². The van der Waals surface area contributed by atoms with Gasteiger partial charge < -0.3 is 10.7 Å². The fourth-order valence-electron chi connectivity index (χ4n) is 1.98. The predicted molar refractivity (Wildman–Crippen MR) is 66.2 cm³/mol. The second kappa shape index (κ2) is 3.71. The van der Waals surface area contributed by atoms with Gasteiger partial charge in [0.25, 0.3) is 0 Å². The van der Waals surface area contributed by atoms with Gasteiger partial charge >= 0.3 is 0 Å². The minimum absolute atomic E-state index is 0.493. The van der Waals surface area contributed by atoms with Gasteiger partial charge in [0.15, 0.2) is 5.82 Å². The van der Waals surface area contributed by atoms with Gasteiger partial charge in [-0.2, -0.15) is 5.10 Å². The van der Waals surface area contributed by atoms with Crippen LogP contribution in [0.1, 0.15) is 5.56 Å². The molecular formula is C12H13N5. The summed E-state index contributed by atoms with van der Waals surface area (Å²) in [4.78, 5) is 7.88. The lowest BCUT2D eigenvalue weighted by molar-refractivity contribution is 0.771. The molecule has 0 aliphatic carbocycles. The summed E-state index contributed by atoms with van der Waals surface area (Å²) in [6.07, 6.45) is 1.76. The fourth-order valence-corrected chi connectivity index (χ4v) is 1.98. The third kappa shape index (κ3) is 1.52. The standard InChI is InChI=1S/C12H13N5/c1-17-10(5-6-14-17)12-15-9-4-2-3-8(7-13)11(9)16-12/h2-6H,7,13H2,1H3,(H,15,16). The number of fused-ring (bicyclic) bond motifs is 1. The number of nitrogens with one attached hydrogen (secondary N) is 1. The first-order chi connectivity index (χ1) is 8.29. The molecule has 0 atom stereocenters. The topological polar surface area (TPSA) is 72.5 Å². The first-order valence-corrected chi connectivity index (χ1v) is 5.45. The van der Waals surface area contributed by atoms with E-state index < -0.39 is 0 Å². The van der Waals surface area contributed by atoms with Crippen molar-refractivity contribution < 1.29 is 0 Å². The van der Waals surface area contributed by atoms with E-state index in [-0.39, 0.29) is 0 Å². The van der Waals surface area contributed by atoms with Crippen LogP contribution in [0.3, 0.4) is 0 Å². The first-order valence-electron chi connectivity index (χ1n) is 5.45. The average Bonchev–Trinajstić information content (AvgIpc) is 2.93. The molecule has 0 aliphatic rings. The Hall–Kier alpha value is -2.14. The number of nitrogens with zero attached hydrogens (tertiary/aromatic N) is 3. The lowest BCUT2D eigenvalue weighted by Gasteiger charge is -1.96. The number of H-pyrrole nitrogens is 1. The van der Waals surface area contributed by atoms with Crippen molar-refractivity contribution in [3.05, 3.63) is 36.0 Å². The molecule has 17 heavy (non-hydrogen) atoms. The molecule has 0 spiro atoms. The normalized spacial score (nSPS) is 11.2. The number of hydrogen-bond donors (Lipinski definition) is 2. The van der Waals surface area contributed by atoms with Gasteiger partial charge in [-0.05, 0) is 17.7 Å². The monoisotopic (exact) mass is 227 g/mol. The maximum Gasteiger partial charge on any atom is 0.156 e. The molecular weight excluding hydrogens is 214 g/mol. The van der Waals surface area contributed by atoms with Gasteiger partial charge in [-0.15, -0.1) is 0 Å². The van der Waals surface area contributed by atoms with Crippen molar-refractivity contribution in [3.8, 4) is 11.5 Å². The summed E-state index contributed by atoms with van der Waals surface area (Å²) >= 11 is 0. The zero-order valence-electron chi connectivity index (χ0n) is 9.51. The summed E-state index contributed by atoms with van der Waals surface area (Å²) in [6, 6.07) is 7.91. The molecule has 0 amide bonds. The highest BCUT2D eigenvalue weighted by molar-refractivity contribution is 5.81. The van der Waals surface area contributed by atoms with Gasteiger partial charge in [0, 0.05) is 19.8 Å². The maximum atomic E-state index is 5.70. The summed E-state index contributed by atoms with van der Waals surface area (Å²) in [5, 5.41) is 4.14. The van der Waals surface area contributed by atoms with E-state index in [1.54, 1.807) is 10.9 Å². The molecule has 0 radical (unpaired) electrons. The molecule has 3 aromatic rings. The highest BCUT2D eigenvalue weighted by Crippen LogP contribution is 2.21. The van der Waals surface area contributed by atoms with Crippen LogP contribution in [0.2, 0.25) is 0 Å². The molecule has 3 N–H and O–H groups in total. The number of benzene rings is 1. The van der Waals surface area contributed by atoms with Crippen LogP contribution in [0.5, 0.6) is 0 Å². The number of nitrogens with two attached hydrogens (primary N) is 1. The van der Waals surface area contributed by atoms with Crippen molar-refractivity contribution in [2.75, 3.05) is 0 Å². The largest absolute Gasteiger partial charge is 0.337 e. The van der Waals surface area contributed by atoms with E-state index in [0.717, 1.165) is 28.1 Å². The minimum atomic E-state index is 0.493. The molecule has 1 aromatic carbocycles. The van der Waals surface area contributed by atoms with Crippen LogP contribution in [-0.4, -0.2) is 19.7 Å². The van der Waals surface area contributed by atoms with E-state index in [1.807, 2.05) is 31.3 Å². The molecule has 5 nitrogen and oxygen atoms in total. The molecule has 0 saturated heterocycles. The van der Waals surface area contributed by atoms with E-state index in [1.165, 1.54) is 0 Å². The molecule has 86 valence electrons. The van der Waals surface area contributed by atoms with Crippen molar-refractivity contribution in [1.82, 2.24) is 19.7 Å². The summed E-state index contributed by atoms with van der Waals surface area (Å²) in [5.74, 6) is 0.820. The molecule has 0 saturated carbocycles. The van der Waals surface area contributed by atoms with Crippen molar-refractivity contribution in [3.63, 3.8) is 0 Å². The number of para-hydroxylation sites is 1. The Morgan fingerprint density at radius 3 is 2.94 bits per heavy atom. The quantitative estimate of drug-likeness (QED) is 0.695. The number of rotatable bonds is 2. The zero-order chi connectivity index (χ0) is 11.8. The van der Waals surface area contributed by atoms with Gasteiger partial charge in [-0.1, -0.05) is 12.1 Å². The van der Waals surface area contributed by atoms with Gasteiger partial charge in [-0.3, -0.25) is 4.68 Å². The highest BCUT2D eigenvalue weighted by atomic mass is 15.3. The van der Waals surface area contributed by atoms with Crippen LogP contribution in [0.4, 0.5) is 0 Å². The average molecular weight is 227 g/mol. The molecule has 0 unspecified atom stereocenters. The van der Waals surface area contributed by atoms with E-state index in [2.05, 4.69) is 15.1 Å². The van der Waals surface area contributed by atoms with E-state index in [4.69, 9.17) is 5.73 Å². The van der Waals surface area contributed by atoms with Crippen LogP contribution < -0.4 is 5.73 Å². The zero-order valence-corrected chi connectivity index (χ0v) is 9.51. The number of hydrogen-bond acceptors (Lipinski definition) is 3. The van der Waals surface area contributed by atoms with E-state index >= 15 is 0 Å². The Labute approximate surface area is 98.3 Å². The number of aromatic amines is 1. The second-order valence-corrected chi connectivity index (χ2v) is 3.94. The molecule has 0 aliphatic heterocycles. The maximum absolute atomic E-state index is 5.70. The van der Waals surface area contributed by atoms with Crippen molar-refractivity contribution >= 4 is 11.0 Å². The van der Waals surface area contributed by atoms with E-state index in [0.29, 0.717) is 6.54 Å². The van der Waals surface area contributed by atoms with Gasteiger partial charge in [0.05, 0.1) is 11.0 Å². The van der Waals surface area contributed by atoms with Crippen LogP contribution in [0.25, 0.3) is 22.6 Å². The Morgan fingerprint density at radius 1 is 1.35 bits per heavy atom. The summed E-state index contributed by atoms with van der Waals surface area (Å²) in [7, 11) is 1.90. The van der Waals surface area contributed by atoms with Crippen molar-refractivity contribution in [2.24, 2.45) is 12.8 Å². The van der Waals surface area contributed by atoms with Gasteiger partial charge in [0.2, 0.25) is 0 Å². The summed E-state index contributed by atoms with van der Waals surface area (Å²) in [6.45, 7) is 0.493. The molecule has 5 heteroatoms. The van der Waals surface area contributed by atoms with Crippen LogP contribution >= 0.6 is 0 Å². The second-order valence-electron chi connectivity index (χ2n) is 3.94. The Bertz CT molecular complexity index is 664. The number of imidazole rings is 1. The highest BCUT2D eigenvalue weighted by Gasteiger charge is 2.10. The molecule has 2 heterocycles. The fraction of sp³-hybridized carbons (Fsp3) is 0.167. The van der Waals surface area contributed by atoms with Crippen molar-refractivity contribution in [1.29, 1.82) is 0 Å². The number of aromatic nitrogens is 4.